The predicted molar refractivity (Wildman–Crippen MR) is 65.8 cm³/mol. The quantitative estimate of drug-likeness (QED) is 0.777. The second-order valence-corrected chi connectivity index (χ2v) is 3.88. The maximum Gasteiger partial charge on any atom is 0.225 e. The van der Waals surface area contributed by atoms with Crippen LogP contribution in [0, 0.1) is 18.2 Å². The fourth-order valence-corrected chi connectivity index (χ4v) is 1.56. The monoisotopic (exact) mass is 233 g/mol. The van der Waals surface area contributed by atoms with Gasteiger partial charge in [-0.25, -0.2) is 4.39 Å². The second-order valence-electron chi connectivity index (χ2n) is 3.88. The molecule has 1 aromatic carbocycles. The minimum Gasteiger partial charge on any atom is -0.342 e. The van der Waals surface area contributed by atoms with Crippen LogP contribution in [-0.2, 0) is 11.2 Å². The van der Waals surface area contributed by atoms with Crippen LogP contribution in [0.4, 0.5) is 4.39 Å². The van der Waals surface area contributed by atoms with Gasteiger partial charge in [0.1, 0.15) is 5.82 Å². The first-order valence-electron chi connectivity index (χ1n) is 5.65. The summed E-state index contributed by atoms with van der Waals surface area (Å²) in [7, 11) is 0. The van der Waals surface area contributed by atoms with Crippen LogP contribution in [0.1, 0.15) is 25.3 Å². The van der Waals surface area contributed by atoms with E-state index in [1.165, 1.54) is 12.1 Å². The molecule has 0 aliphatic heterocycles. The summed E-state index contributed by atoms with van der Waals surface area (Å²) in [6.45, 7) is 2.00. The van der Waals surface area contributed by atoms with Gasteiger partial charge >= 0.3 is 0 Å². The number of nitrogens with one attached hydrogen (secondary N) is 1. The van der Waals surface area contributed by atoms with Crippen LogP contribution in [0.3, 0.4) is 0 Å². The van der Waals surface area contributed by atoms with Crippen LogP contribution in [0.15, 0.2) is 24.3 Å². The Labute approximate surface area is 101 Å². The lowest BCUT2D eigenvalue weighted by Gasteiger charge is -2.11. The number of carbonyl (C=O) groups excluding carboxylic acids is 1. The average molecular weight is 233 g/mol. The van der Waals surface area contributed by atoms with E-state index in [-0.39, 0.29) is 24.2 Å². The van der Waals surface area contributed by atoms with E-state index in [1.807, 2.05) is 6.92 Å². The topological polar surface area (TPSA) is 29.1 Å². The Hall–Kier alpha value is -1.82. The molecule has 0 fully saturated rings. The number of rotatable bonds is 5. The van der Waals surface area contributed by atoms with Gasteiger partial charge in [-0.05, 0) is 24.1 Å². The van der Waals surface area contributed by atoms with Crippen molar-refractivity contribution in [2.45, 2.75) is 32.2 Å². The first-order chi connectivity index (χ1) is 8.15. The van der Waals surface area contributed by atoms with Crippen molar-refractivity contribution in [1.82, 2.24) is 5.32 Å². The van der Waals surface area contributed by atoms with Crippen molar-refractivity contribution in [3.8, 4) is 12.3 Å². The molecule has 1 amide bonds. The molecule has 0 saturated heterocycles. The van der Waals surface area contributed by atoms with Gasteiger partial charge in [0.05, 0.1) is 12.5 Å². The van der Waals surface area contributed by atoms with Gasteiger partial charge in [-0.3, -0.25) is 4.79 Å². The van der Waals surface area contributed by atoms with Gasteiger partial charge in [0.15, 0.2) is 0 Å². The van der Waals surface area contributed by atoms with Crippen LogP contribution in [0.2, 0.25) is 0 Å². The van der Waals surface area contributed by atoms with Crippen LogP contribution in [-0.4, -0.2) is 11.9 Å². The Morgan fingerprint density at radius 2 is 2.35 bits per heavy atom. The Kier molecular flexibility index (Phi) is 5.22. The molecule has 1 N–H and O–H groups in total. The molecule has 2 nitrogen and oxygen atoms in total. The maximum atomic E-state index is 12.9. The van der Waals surface area contributed by atoms with E-state index in [2.05, 4.69) is 11.2 Å². The summed E-state index contributed by atoms with van der Waals surface area (Å²) in [6.07, 6.45) is 7.12. The summed E-state index contributed by atoms with van der Waals surface area (Å²) >= 11 is 0. The number of hydrogen-bond acceptors (Lipinski definition) is 1. The average Bonchev–Trinajstić information content (AvgIpc) is 2.28. The van der Waals surface area contributed by atoms with Crippen molar-refractivity contribution in [2.75, 3.05) is 0 Å². The van der Waals surface area contributed by atoms with Gasteiger partial charge in [-0.1, -0.05) is 31.4 Å². The standard InChI is InChI=1S/C14H16FNO/c1-3-6-13(4-2)16-14(17)10-11-7-5-8-12(15)9-11/h2,5,7-9,13H,3,6,10H2,1H3,(H,16,17). The third-order valence-corrected chi connectivity index (χ3v) is 2.37. The van der Waals surface area contributed by atoms with E-state index >= 15 is 0 Å². The van der Waals surface area contributed by atoms with Crippen LogP contribution < -0.4 is 5.32 Å². The highest BCUT2D eigenvalue weighted by Crippen LogP contribution is 2.04. The van der Waals surface area contributed by atoms with Crippen LogP contribution >= 0.6 is 0 Å². The van der Waals surface area contributed by atoms with Gasteiger partial charge in [0, 0.05) is 0 Å². The summed E-state index contributed by atoms with van der Waals surface area (Å²) in [4.78, 5) is 11.6. The van der Waals surface area contributed by atoms with E-state index in [9.17, 15) is 9.18 Å². The Morgan fingerprint density at radius 1 is 1.59 bits per heavy atom. The summed E-state index contributed by atoms with van der Waals surface area (Å²) in [5, 5.41) is 2.74. The molecule has 1 atom stereocenters. The maximum absolute atomic E-state index is 12.9. The molecule has 0 aliphatic carbocycles. The number of amides is 1. The zero-order valence-corrected chi connectivity index (χ0v) is 9.87. The Balaban J connectivity index is 2.52. The first kappa shape index (κ1) is 13.2. The molecule has 0 aliphatic rings. The number of carbonyl (C=O) groups is 1. The van der Waals surface area contributed by atoms with Gasteiger partial charge in [0.25, 0.3) is 0 Å². The highest BCUT2D eigenvalue weighted by atomic mass is 19.1. The number of hydrogen-bond donors (Lipinski definition) is 1. The molecular formula is C14H16FNO. The third kappa shape index (κ3) is 4.69. The number of terminal acetylenes is 1. The second kappa shape index (κ2) is 6.70. The summed E-state index contributed by atoms with van der Waals surface area (Å²) in [5.74, 6) is 2.02. The molecule has 0 bridgehead atoms. The molecule has 1 rings (SSSR count). The van der Waals surface area contributed by atoms with E-state index in [0.717, 1.165) is 12.8 Å². The normalized spacial score (nSPS) is 11.6. The van der Waals surface area contributed by atoms with Crippen LogP contribution in [0.25, 0.3) is 0 Å². The van der Waals surface area contributed by atoms with Gasteiger partial charge < -0.3 is 5.32 Å². The molecule has 90 valence electrons. The molecule has 3 heteroatoms. The molecule has 1 unspecified atom stereocenters. The molecule has 1 aromatic rings. The lowest BCUT2D eigenvalue weighted by Crippen LogP contribution is -2.34. The van der Waals surface area contributed by atoms with E-state index in [1.54, 1.807) is 12.1 Å². The minimum atomic E-state index is -0.336. The van der Waals surface area contributed by atoms with Crippen molar-refractivity contribution in [3.05, 3.63) is 35.6 Å². The van der Waals surface area contributed by atoms with Gasteiger partial charge in [0.2, 0.25) is 5.91 Å². The fraction of sp³-hybridized carbons (Fsp3) is 0.357. The van der Waals surface area contributed by atoms with Gasteiger partial charge in [-0.15, -0.1) is 6.42 Å². The summed E-state index contributed by atoms with van der Waals surface area (Å²) < 4.78 is 12.9. The Morgan fingerprint density at radius 3 is 2.94 bits per heavy atom. The van der Waals surface area contributed by atoms with Crippen molar-refractivity contribution >= 4 is 5.91 Å². The van der Waals surface area contributed by atoms with E-state index in [4.69, 9.17) is 6.42 Å². The van der Waals surface area contributed by atoms with Crippen LogP contribution in [0.5, 0.6) is 0 Å². The van der Waals surface area contributed by atoms with Crippen molar-refractivity contribution in [3.63, 3.8) is 0 Å². The molecule has 0 spiro atoms. The fourth-order valence-electron chi connectivity index (χ4n) is 1.56. The van der Waals surface area contributed by atoms with Crippen molar-refractivity contribution in [1.29, 1.82) is 0 Å². The number of benzene rings is 1. The molecule has 0 radical (unpaired) electrons. The lowest BCUT2D eigenvalue weighted by atomic mass is 10.1. The highest BCUT2D eigenvalue weighted by Gasteiger charge is 2.09. The predicted octanol–water partition coefficient (Wildman–Crippen LogP) is 2.29. The van der Waals surface area contributed by atoms with Crippen molar-refractivity contribution < 1.29 is 9.18 Å². The van der Waals surface area contributed by atoms with E-state index < -0.39 is 0 Å². The van der Waals surface area contributed by atoms with Crippen molar-refractivity contribution in [2.24, 2.45) is 0 Å². The van der Waals surface area contributed by atoms with E-state index in [0.29, 0.717) is 5.56 Å². The largest absolute Gasteiger partial charge is 0.342 e. The molecule has 17 heavy (non-hydrogen) atoms. The summed E-state index contributed by atoms with van der Waals surface area (Å²) in [6, 6.07) is 5.77. The third-order valence-electron chi connectivity index (χ3n) is 2.37. The Bertz CT molecular complexity index is 422. The summed E-state index contributed by atoms with van der Waals surface area (Å²) in [5.41, 5.74) is 0.648. The smallest absolute Gasteiger partial charge is 0.225 e. The first-order valence-corrected chi connectivity index (χ1v) is 5.65. The SMILES string of the molecule is C#CC(CCC)NC(=O)Cc1cccc(F)c1. The molecule has 0 saturated carbocycles. The lowest BCUT2D eigenvalue weighted by molar-refractivity contribution is -0.120. The molecule has 0 aromatic heterocycles. The minimum absolute atomic E-state index is 0.152. The zero-order chi connectivity index (χ0) is 12.7. The van der Waals surface area contributed by atoms with Gasteiger partial charge in [-0.2, -0.15) is 0 Å². The molecule has 0 heterocycles. The highest BCUT2D eigenvalue weighted by molar-refractivity contribution is 5.79. The number of halogens is 1. The zero-order valence-electron chi connectivity index (χ0n) is 9.87. The molecular weight excluding hydrogens is 217 g/mol.